The fraction of sp³-hybridized carbons (Fsp3) is 0.286. The number of aromatic carboxylic acids is 1. The van der Waals surface area contributed by atoms with Gasteiger partial charge < -0.3 is 9.84 Å². The van der Waals surface area contributed by atoms with E-state index in [4.69, 9.17) is 9.84 Å². The first kappa shape index (κ1) is 9.54. The molecule has 0 spiro atoms. The highest BCUT2D eigenvalue weighted by atomic mass is 79.9. The molecule has 0 radical (unpaired) electrons. The summed E-state index contributed by atoms with van der Waals surface area (Å²) < 4.78 is 5.89. The molecule has 1 aromatic rings. The van der Waals surface area contributed by atoms with Crippen LogP contribution in [0.4, 0.5) is 0 Å². The first-order chi connectivity index (χ1) is 5.65. The van der Waals surface area contributed by atoms with E-state index in [1.807, 2.05) is 6.92 Å². The number of hydrogen-bond acceptors (Lipinski definition) is 3. The van der Waals surface area contributed by atoms with Gasteiger partial charge in [0.05, 0.1) is 6.61 Å². The molecule has 0 saturated carbocycles. The van der Waals surface area contributed by atoms with Crippen molar-refractivity contribution in [2.24, 2.45) is 0 Å². The van der Waals surface area contributed by atoms with E-state index in [2.05, 4.69) is 15.9 Å². The van der Waals surface area contributed by atoms with Crippen molar-refractivity contribution >= 4 is 33.2 Å². The van der Waals surface area contributed by atoms with Crippen molar-refractivity contribution in [2.45, 2.75) is 6.92 Å². The van der Waals surface area contributed by atoms with Gasteiger partial charge in [-0.15, -0.1) is 11.3 Å². The van der Waals surface area contributed by atoms with Gasteiger partial charge in [0.1, 0.15) is 14.4 Å². The second kappa shape index (κ2) is 3.91. The van der Waals surface area contributed by atoms with E-state index in [0.29, 0.717) is 12.4 Å². The number of hydrogen-bond donors (Lipinski definition) is 1. The van der Waals surface area contributed by atoms with Crippen LogP contribution in [0.5, 0.6) is 5.75 Å². The third kappa shape index (κ3) is 1.98. The zero-order valence-electron chi connectivity index (χ0n) is 6.33. The highest BCUT2D eigenvalue weighted by Crippen LogP contribution is 2.34. The molecule has 1 N–H and O–H groups in total. The Hall–Kier alpha value is -0.550. The minimum atomic E-state index is -0.924. The Kier molecular flexibility index (Phi) is 3.11. The van der Waals surface area contributed by atoms with Crippen LogP contribution in [0.25, 0.3) is 0 Å². The fourth-order valence-corrected chi connectivity index (χ4v) is 2.13. The molecule has 0 unspecified atom stereocenters. The van der Waals surface area contributed by atoms with Crippen LogP contribution in [0.2, 0.25) is 0 Å². The molecule has 0 aliphatic carbocycles. The monoisotopic (exact) mass is 250 g/mol. The maximum absolute atomic E-state index is 10.5. The second-order valence-corrected chi connectivity index (χ2v) is 4.36. The minimum Gasteiger partial charge on any atom is -0.492 e. The molecule has 3 nitrogen and oxygen atoms in total. The number of halogens is 1. The molecule has 1 heterocycles. The molecule has 0 amide bonds. The lowest BCUT2D eigenvalue weighted by molar-refractivity contribution is 0.0702. The lowest BCUT2D eigenvalue weighted by atomic mass is 10.4. The topological polar surface area (TPSA) is 46.5 Å². The summed E-state index contributed by atoms with van der Waals surface area (Å²) >= 11 is 4.37. The van der Waals surface area contributed by atoms with Crippen molar-refractivity contribution in [1.29, 1.82) is 0 Å². The summed E-state index contributed by atoms with van der Waals surface area (Å²) in [6.07, 6.45) is 0. The molecule has 0 atom stereocenters. The highest BCUT2D eigenvalue weighted by molar-refractivity contribution is 9.11. The number of rotatable bonds is 3. The number of thiophene rings is 1. The summed E-state index contributed by atoms with van der Waals surface area (Å²) in [7, 11) is 0. The molecule has 66 valence electrons. The van der Waals surface area contributed by atoms with Crippen LogP contribution in [0.3, 0.4) is 0 Å². The number of carbonyl (C=O) groups is 1. The Labute approximate surface area is 82.1 Å². The molecule has 1 rings (SSSR count). The molecule has 0 aliphatic rings. The minimum absolute atomic E-state index is 0.283. The summed E-state index contributed by atoms with van der Waals surface area (Å²) in [6, 6.07) is 1.51. The summed E-state index contributed by atoms with van der Waals surface area (Å²) in [5.41, 5.74) is 0. The van der Waals surface area contributed by atoms with Gasteiger partial charge in [-0.2, -0.15) is 0 Å². The van der Waals surface area contributed by atoms with Crippen LogP contribution < -0.4 is 4.74 Å². The van der Waals surface area contributed by atoms with E-state index in [1.165, 1.54) is 6.07 Å². The van der Waals surface area contributed by atoms with E-state index >= 15 is 0 Å². The predicted octanol–water partition coefficient (Wildman–Crippen LogP) is 2.61. The number of carboxylic acid groups (broad SMARTS) is 1. The normalized spacial score (nSPS) is 9.83. The van der Waals surface area contributed by atoms with Crippen molar-refractivity contribution in [1.82, 2.24) is 0 Å². The summed E-state index contributed by atoms with van der Waals surface area (Å²) in [4.78, 5) is 10.8. The summed E-state index contributed by atoms with van der Waals surface area (Å²) in [6.45, 7) is 2.39. The smallest absolute Gasteiger partial charge is 0.346 e. The van der Waals surface area contributed by atoms with Crippen LogP contribution in [-0.4, -0.2) is 17.7 Å². The third-order valence-electron chi connectivity index (χ3n) is 1.17. The van der Waals surface area contributed by atoms with Crippen molar-refractivity contribution in [2.75, 3.05) is 6.61 Å². The van der Waals surface area contributed by atoms with Gasteiger partial charge in [-0.1, -0.05) is 0 Å². The number of ether oxygens (including phenoxy) is 1. The first-order valence-corrected chi connectivity index (χ1v) is 4.91. The Morgan fingerprint density at radius 1 is 1.83 bits per heavy atom. The first-order valence-electron chi connectivity index (χ1n) is 3.30. The lowest BCUT2D eigenvalue weighted by Gasteiger charge is -1.97. The van der Waals surface area contributed by atoms with E-state index in [9.17, 15) is 4.79 Å². The average molecular weight is 251 g/mol. The van der Waals surface area contributed by atoms with Gasteiger partial charge in [0, 0.05) is 6.07 Å². The standard InChI is InChI=1S/C7H7BrO3S/c1-2-11-4-3-5(7(9)10)12-6(4)8/h3H,2H2,1H3,(H,9,10). The molecule has 12 heavy (non-hydrogen) atoms. The molecule has 0 aromatic carbocycles. The van der Waals surface area contributed by atoms with Crippen LogP contribution >= 0.6 is 27.3 Å². The zero-order valence-corrected chi connectivity index (χ0v) is 8.74. The van der Waals surface area contributed by atoms with Crippen molar-refractivity contribution in [3.63, 3.8) is 0 Å². The molecule has 0 saturated heterocycles. The van der Waals surface area contributed by atoms with E-state index in [0.717, 1.165) is 15.1 Å². The molecule has 5 heteroatoms. The molecule has 0 bridgehead atoms. The van der Waals surface area contributed by atoms with Crippen molar-refractivity contribution in [3.05, 3.63) is 14.7 Å². The van der Waals surface area contributed by atoms with E-state index < -0.39 is 5.97 Å². The van der Waals surface area contributed by atoms with Gasteiger partial charge in [0.2, 0.25) is 0 Å². The second-order valence-electron chi connectivity index (χ2n) is 1.99. The van der Waals surface area contributed by atoms with Crippen molar-refractivity contribution < 1.29 is 14.6 Å². The summed E-state index contributed by atoms with van der Waals surface area (Å²) in [5, 5.41) is 8.62. The molecule has 0 aliphatic heterocycles. The van der Waals surface area contributed by atoms with Crippen LogP contribution in [0.1, 0.15) is 16.6 Å². The summed E-state index contributed by atoms with van der Waals surface area (Å²) in [5.74, 6) is -0.327. The Balaban J connectivity index is 2.92. The molecule has 0 fully saturated rings. The number of carboxylic acids is 1. The SMILES string of the molecule is CCOc1cc(C(=O)O)sc1Br. The zero-order chi connectivity index (χ0) is 9.14. The van der Waals surface area contributed by atoms with Crippen LogP contribution in [-0.2, 0) is 0 Å². The van der Waals surface area contributed by atoms with Gasteiger partial charge >= 0.3 is 5.97 Å². The maximum Gasteiger partial charge on any atom is 0.346 e. The molecular weight excluding hydrogens is 244 g/mol. The Morgan fingerprint density at radius 2 is 2.50 bits per heavy atom. The lowest BCUT2D eigenvalue weighted by Crippen LogP contribution is -1.92. The maximum atomic E-state index is 10.5. The molecule has 1 aromatic heterocycles. The van der Waals surface area contributed by atoms with Gasteiger partial charge in [-0.05, 0) is 22.9 Å². The Bertz CT molecular complexity index is 295. The van der Waals surface area contributed by atoms with Gasteiger partial charge in [-0.25, -0.2) is 4.79 Å². The Morgan fingerprint density at radius 3 is 2.92 bits per heavy atom. The van der Waals surface area contributed by atoms with Crippen molar-refractivity contribution in [3.8, 4) is 5.75 Å². The quantitative estimate of drug-likeness (QED) is 0.898. The van der Waals surface area contributed by atoms with Crippen LogP contribution in [0, 0.1) is 0 Å². The predicted molar refractivity (Wildman–Crippen MR) is 50.1 cm³/mol. The van der Waals surface area contributed by atoms with Crippen LogP contribution in [0.15, 0.2) is 9.85 Å². The fourth-order valence-electron chi connectivity index (χ4n) is 0.711. The van der Waals surface area contributed by atoms with Gasteiger partial charge in [-0.3, -0.25) is 0 Å². The molecular formula is C7H7BrO3S. The average Bonchev–Trinajstić information content (AvgIpc) is 2.34. The van der Waals surface area contributed by atoms with Gasteiger partial charge in [0.25, 0.3) is 0 Å². The largest absolute Gasteiger partial charge is 0.492 e. The highest BCUT2D eigenvalue weighted by Gasteiger charge is 2.12. The van der Waals surface area contributed by atoms with E-state index in [-0.39, 0.29) is 4.88 Å². The van der Waals surface area contributed by atoms with E-state index in [1.54, 1.807) is 0 Å². The third-order valence-corrected chi connectivity index (χ3v) is 2.94. The van der Waals surface area contributed by atoms with Gasteiger partial charge in [0.15, 0.2) is 0 Å².